The van der Waals surface area contributed by atoms with Crippen molar-refractivity contribution in [3.8, 4) is 11.8 Å². The molecule has 0 saturated heterocycles. The van der Waals surface area contributed by atoms with Crippen LogP contribution in [0.3, 0.4) is 0 Å². The molecule has 0 aliphatic carbocycles. The van der Waals surface area contributed by atoms with Gasteiger partial charge in [0, 0.05) is 11.1 Å². The molecular weight excluding hydrogens is 387 g/mol. The maximum atomic E-state index is 12.7. The minimum Gasteiger partial charge on any atom is -0.493 e. The van der Waals surface area contributed by atoms with Gasteiger partial charge in [-0.3, -0.25) is 5.43 Å². The van der Waals surface area contributed by atoms with E-state index in [1.807, 2.05) is 6.92 Å². The second-order valence-corrected chi connectivity index (χ2v) is 6.57. The number of hydrogen-bond donors (Lipinski definition) is 4. The number of anilines is 1. The lowest BCUT2D eigenvalue weighted by molar-refractivity contribution is -0.137. The van der Waals surface area contributed by atoms with Gasteiger partial charge in [-0.25, -0.2) is 4.98 Å². The first-order chi connectivity index (χ1) is 12.6. The first kappa shape index (κ1) is 21.2. The van der Waals surface area contributed by atoms with Crippen molar-refractivity contribution in [1.29, 1.82) is 0 Å². The molecule has 0 saturated carbocycles. The lowest BCUT2D eigenvalue weighted by atomic mass is 10.0. The van der Waals surface area contributed by atoms with Crippen LogP contribution >= 0.6 is 11.6 Å². The molecule has 150 valence electrons. The average Bonchev–Trinajstić information content (AvgIpc) is 2.76. The predicted molar refractivity (Wildman–Crippen MR) is 95.0 cm³/mol. The number of pyridine rings is 1. The van der Waals surface area contributed by atoms with E-state index in [1.165, 1.54) is 0 Å². The molecule has 2 rings (SSSR count). The molecule has 1 unspecified atom stereocenters. The maximum Gasteiger partial charge on any atom is 0.419 e. The van der Waals surface area contributed by atoms with Crippen LogP contribution in [0.5, 0.6) is 11.8 Å². The van der Waals surface area contributed by atoms with Crippen molar-refractivity contribution in [1.82, 2.24) is 9.66 Å². The van der Waals surface area contributed by atoms with Gasteiger partial charge in [0.2, 0.25) is 11.8 Å². The normalized spacial score (nSPS) is 13.0. The van der Waals surface area contributed by atoms with E-state index >= 15 is 0 Å². The zero-order valence-electron chi connectivity index (χ0n) is 14.8. The highest BCUT2D eigenvalue weighted by atomic mass is 35.5. The first-order valence-corrected chi connectivity index (χ1v) is 8.75. The maximum absolute atomic E-state index is 12.7. The van der Waals surface area contributed by atoms with Crippen LogP contribution in [-0.2, 0) is 12.6 Å². The van der Waals surface area contributed by atoms with E-state index < -0.39 is 23.0 Å². The first-order valence-electron chi connectivity index (χ1n) is 8.37. The summed E-state index contributed by atoms with van der Waals surface area (Å²) in [5.41, 5.74) is 2.25. The molecule has 0 spiro atoms. The molecule has 0 amide bonds. The number of aliphatic hydroxyl groups is 1. The van der Waals surface area contributed by atoms with Crippen molar-refractivity contribution < 1.29 is 28.5 Å². The molecule has 2 heterocycles. The van der Waals surface area contributed by atoms with Crippen molar-refractivity contribution in [2.24, 2.45) is 0 Å². The topological polar surface area (TPSA) is 90.5 Å². The van der Waals surface area contributed by atoms with Gasteiger partial charge in [-0.05, 0) is 38.3 Å². The Morgan fingerprint density at radius 3 is 2.44 bits per heavy atom. The zero-order chi connectivity index (χ0) is 20.4. The Kier molecular flexibility index (Phi) is 6.48. The van der Waals surface area contributed by atoms with Crippen LogP contribution in [0.15, 0.2) is 12.1 Å². The summed E-state index contributed by atoms with van der Waals surface area (Å²) in [6.07, 6.45) is -3.00. The van der Waals surface area contributed by atoms with E-state index in [-0.39, 0.29) is 17.6 Å². The van der Waals surface area contributed by atoms with E-state index in [1.54, 1.807) is 6.92 Å². The summed E-state index contributed by atoms with van der Waals surface area (Å²) >= 11 is 5.58. The van der Waals surface area contributed by atoms with Crippen molar-refractivity contribution in [3.63, 3.8) is 0 Å². The molecule has 0 radical (unpaired) electrons. The summed E-state index contributed by atoms with van der Waals surface area (Å²) in [6, 6.07) is 1.79. The van der Waals surface area contributed by atoms with Gasteiger partial charge in [-0.1, -0.05) is 24.9 Å². The summed E-state index contributed by atoms with van der Waals surface area (Å²) in [7, 11) is 0. The molecule has 0 bridgehead atoms. The molecule has 4 N–H and O–H groups in total. The second-order valence-electron chi connectivity index (χ2n) is 6.21. The fraction of sp³-hybridized carbons (Fsp3) is 0.471. The van der Waals surface area contributed by atoms with Crippen molar-refractivity contribution in [2.75, 3.05) is 5.43 Å². The van der Waals surface area contributed by atoms with E-state index in [0.717, 1.165) is 23.2 Å². The number of nitrogens with zero attached hydrogens (tertiary/aromatic N) is 2. The van der Waals surface area contributed by atoms with Gasteiger partial charge in [-0.15, -0.1) is 0 Å². The number of hydrogen-bond acceptors (Lipinski definition) is 5. The van der Waals surface area contributed by atoms with E-state index in [0.29, 0.717) is 30.4 Å². The highest BCUT2D eigenvalue weighted by molar-refractivity contribution is 6.30. The summed E-state index contributed by atoms with van der Waals surface area (Å²) in [4.78, 5) is 3.61. The van der Waals surface area contributed by atoms with Gasteiger partial charge < -0.3 is 15.3 Å². The number of aliphatic hydroxyl groups excluding tert-OH is 1. The van der Waals surface area contributed by atoms with E-state index in [4.69, 9.17) is 11.6 Å². The Bertz CT molecular complexity index is 809. The third-order valence-electron chi connectivity index (χ3n) is 4.21. The van der Waals surface area contributed by atoms with Crippen LogP contribution in [0.25, 0.3) is 0 Å². The van der Waals surface area contributed by atoms with Gasteiger partial charge in [0.15, 0.2) is 0 Å². The molecule has 0 aromatic carbocycles. The molecule has 0 aliphatic rings. The molecule has 2 aromatic rings. The zero-order valence-corrected chi connectivity index (χ0v) is 15.6. The second kappa shape index (κ2) is 8.26. The average molecular weight is 408 g/mol. The SMILES string of the molecule is CCCC(O)CCc1c(C)c(O)n(Nc2ccc(C(F)(F)F)c(Cl)n2)c1O. The highest BCUT2D eigenvalue weighted by Gasteiger charge is 2.34. The summed E-state index contributed by atoms with van der Waals surface area (Å²) < 4.78 is 39.1. The van der Waals surface area contributed by atoms with Gasteiger partial charge in [0.25, 0.3) is 0 Å². The highest BCUT2D eigenvalue weighted by Crippen LogP contribution is 2.36. The van der Waals surface area contributed by atoms with Gasteiger partial charge in [-0.2, -0.15) is 17.8 Å². The lowest BCUT2D eigenvalue weighted by Crippen LogP contribution is -2.12. The lowest BCUT2D eigenvalue weighted by Gasteiger charge is -2.13. The van der Waals surface area contributed by atoms with Gasteiger partial charge >= 0.3 is 6.18 Å². The van der Waals surface area contributed by atoms with E-state index in [2.05, 4.69) is 10.4 Å². The fourth-order valence-corrected chi connectivity index (χ4v) is 2.98. The van der Waals surface area contributed by atoms with Gasteiger partial charge in [0.1, 0.15) is 11.0 Å². The monoisotopic (exact) mass is 407 g/mol. The molecule has 1 atom stereocenters. The molecule has 0 aliphatic heterocycles. The number of nitrogens with one attached hydrogen (secondary N) is 1. The Morgan fingerprint density at radius 2 is 1.89 bits per heavy atom. The van der Waals surface area contributed by atoms with Crippen LogP contribution < -0.4 is 5.43 Å². The van der Waals surface area contributed by atoms with E-state index in [9.17, 15) is 28.5 Å². The number of halogens is 4. The van der Waals surface area contributed by atoms with Crippen LogP contribution in [0.2, 0.25) is 5.15 Å². The third kappa shape index (κ3) is 4.78. The standard InChI is InChI=1S/C17H21ClF3N3O3/c1-3-4-10(25)5-6-11-9(2)15(26)24(16(11)27)23-13-8-7-12(14(18)22-13)17(19,20)21/h7-8,10,25-27H,3-6H2,1-2H3,(H,22,23). The number of alkyl halides is 3. The number of aromatic nitrogens is 2. The minimum absolute atomic E-state index is 0.0915. The molecule has 2 aromatic heterocycles. The van der Waals surface area contributed by atoms with Crippen LogP contribution in [0, 0.1) is 6.92 Å². The smallest absolute Gasteiger partial charge is 0.419 e. The third-order valence-corrected chi connectivity index (χ3v) is 4.50. The van der Waals surface area contributed by atoms with Crippen LogP contribution in [0.1, 0.15) is 42.9 Å². The van der Waals surface area contributed by atoms with Crippen LogP contribution in [0.4, 0.5) is 19.0 Å². The number of aromatic hydroxyl groups is 2. The Morgan fingerprint density at radius 1 is 1.22 bits per heavy atom. The molecule has 6 nitrogen and oxygen atoms in total. The quantitative estimate of drug-likeness (QED) is 0.515. The summed E-state index contributed by atoms with van der Waals surface area (Å²) in [5.74, 6) is -0.719. The summed E-state index contributed by atoms with van der Waals surface area (Å²) in [5, 5.41) is 29.7. The van der Waals surface area contributed by atoms with Crippen LogP contribution in [-0.4, -0.2) is 31.1 Å². The fourth-order valence-electron chi connectivity index (χ4n) is 2.72. The molecule has 10 heteroatoms. The van der Waals surface area contributed by atoms with Gasteiger partial charge in [0.05, 0.1) is 11.7 Å². The predicted octanol–water partition coefficient (Wildman–Crippen LogP) is 4.24. The number of rotatable bonds is 7. The Labute approximate surface area is 159 Å². The van der Waals surface area contributed by atoms with Crippen molar-refractivity contribution in [3.05, 3.63) is 34.0 Å². The largest absolute Gasteiger partial charge is 0.493 e. The molecular formula is C17H21ClF3N3O3. The Hall–Kier alpha value is -2.13. The minimum atomic E-state index is -4.64. The summed E-state index contributed by atoms with van der Waals surface area (Å²) in [6.45, 7) is 3.53. The van der Waals surface area contributed by atoms with Crippen molar-refractivity contribution in [2.45, 2.75) is 51.8 Å². The Balaban J connectivity index is 2.25. The molecule has 0 fully saturated rings. The van der Waals surface area contributed by atoms with Crippen molar-refractivity contribution >= 4 is 17.4 Å². The molecule has 27 heavy (non-hydrogen) atoms.